The Bertz CT molecular complexity index is 1010. The average Bonchev–Trinajstić information content (AvgIpc) is 2.96. The third-order valence-electron chi connectivity index (χ3n) is 4.09. The van der Waals surface area contributed by atoms with E-state index in [1.165, 1.54) is 35.5 Å². The van der Waals surface area contributed by atoms with E-state index in [4.69, 9.17) is 0 Å². The second kappa shape index (κ2) is 7.70. The Hall–Kier alpha value is -4.01. The van der Waals surface area contributed by atoms with Crippen molar-refractivity contribution in [3.63, 3.8) is 0 Å². The average molecular weight is 379 g/mol. The van der Waals surface area contributed by atoms with E-state index in [1.54, 1.807) is 19.1 Å². The number of anilines is 1. The number of aryl methyl sites for hydroxylation is 1. The van der Waals surface area contributed by atoms with Gasteiger partial charge in [0.05, 0.1) is 21.9 Å². The zero-order chi connectivity index (χ0) is 20.3. The summed E-state index contributed by atoms with van der Waals surface area (Å²) in [5.41, 5.74) is 6.87. The molecule has 2 amide bonds. The first-order chi connectivity index (χ1) is 13.4. The van der Waals surface area contributed by atoms with Gasteiger partial charge in [0.1, 0.15) is 5.56 Å². The van der Waals surface area contributed by atoms with E-state index >= 15 is 0 Å². The Balaban J connectivity index is 1.71. The standard InChI is InChI=1S/C19H17N5O4/c1-12-7-9-14(10-8-12)23-19(26)16(13(2)22-23)11-20-21-18(25)15-5-3-4-6-17(15)24(27)28/h3-11,20H,1-2H3,(H,21,25)/b16-11-. The van der Waals surface area contributed by atoms with E-state index < -0.39 is 10.8 Å². The summed E-state index contributed by atoms with van der Waals surface area (Å²) < 4.78 is 0. The summed E-state index contributed by atoms with van der Waals surface area (Å²) in [6, 6.07) is 12.9. The highest BCUT2D eigenvalue weighted by Gasteiger charge is 2.28. The van der Waals surface area contributed by atoms with Crippen molar-refractivity contribution in [1.29, 1.82) is 0 Å². The van der Waals surface area contributed by atoms with Gasteiger partial charge in [0.25, 0.3) is 17.5 Å². The summed E-state index contributed by atoms with van der Waals surface area (Å²) in [7, 11) is 0. The minimum Gasteiger partial charge on any atom is -0.305 e. The van der Waals surface area contributed by atoms with E-state index in [2.05, 4.69) is 16.0 Å². The fraction of sp³-hybridized carbons (Fsp3) is 0.105. The SMILES string of the molecule is CC1=NN(c2ccc(C)cc2)C(=O)/C1=C\NNC(=O)c1ccccc1[N+](=O)[O-]. The van der Waals surface area contributed by atoms with Crippen molar-refractivity contribution in [2.75, 3.05) is 5.01 Å². The molecule has 1 aliphatic heterocycles. The molecule has 0 aromatic heterocycles. The summed E-state index contributed by atoms with van der Waals surface area (Å²) in [6.45, 7) is 3.61. The van der Waals surface area contributed by atoms with E-state index in [0.29, 0.717) is 11.4 Å². The third kappa shape index (κ3) is 3.73. The number of hydrazine groups is 1. The number of nitrogens with one attached hydrogen (secondary N) is 2. The van der Waals surface area contributed by atoms with Crippen LogP contribution in [0.4, 0.5) is 11.4 Å². The number of benzene rings is 2. The molecular weight excluding hydrogens is 362 g/mol. The summed E-state index contributed by atoms with van der Waals surface area (Å²) in [5.74, 6) is -1.05. The van der Waals surface area contributed by atoms with E-state index in [9.17, 15) is 19.7 Å². The number of para-hydroxylation sites is 1. The molecule has 0 fully saturated rings. The van der Waals surface area contributed by atoms with Crippen LogP contribution in [-0.2, 0) is 4.79 Å². The molecule has 2 aromatic rings. The quantitative estimate of drug-likeness (QED) is 0.470. The van der Waals surface area contributed by atoms with E-state index in [0.717, 1.165) is 5.56 Å². The van der Waals surface area contributed by atoms with Gasteiger partial charge >= 0.3 is 0 Å². The van der Waals surface area contributed by atoms with Crippen LogP contribution in [0.3, 0.4) is 0 Å². The summed E-state index contributed by atoms with van der Waals surface area (Å²) in [6.07, 6.45) is 1.31. The molecule has 2 N–H and O–H groups in total. The highest BCUT2D eigenvalue weighted by molar-refractivity contribution is 6.29. The molecule has 28 heavy (non-hydrogen) atoms. The highest BCUT2D eigenvalue weighted by atomic mass is 16.6. The fourth-order valence-electron chi connectivity index (χ4n) is 2.61. The molecule has 0 bridgehead atoms. The van der Waals surface area contributed by atoms with Crippen molar-refractivity contribution in [3.8, 4) is 0 Å². The summed E-state index contributed by atoms with van der Waals surface area (Å²) in [4.78, 5) is 35.2. The van der Waals surface area contributed by atoms with Crippen molar-refractivity contribution in [1.82, 2.24) is 10.9 Å². The molecule has 1 heterocycles. The minimum atomic E-state index is -0.695. The zero-order valence-corrected chi connectivity index (χ0v) is 15.2. The van der Waals surface area contributed by atoms with Crippen molar-refractivity contribution < 1.29 is 14.5 Å². The normalized spacial score (nSPS) is 14.8. The zero-order valence-electron chi connectivity index (χ0n) is 15.2. The molecule has 1 aliphatic rings. The van der Waals surface area contributed by atoms with Gasteiger partial charge in [-0.15, -0.1) is 0 Å². The lowest BCUT2D eigenvalue weighted by molar-refractivity contribution is -0.385. The number of hydrazone groups is 1. The van der Waals surface area contributed by atoms with Crippen LogP contribution in [0.5, 0.6) is 0 Å². The van der Waals surface area contributed by atoms with Gasteiger partial charge in [-0.2, -0.15) is 10.1 Å². The topological polar surface area (TPSA) is 117 Å². The molecule has 0 saturated carbocycles. The van der Waals surface area contributed by atoms with Crippen LogP contribution in [0, 0.1) is 17.0 Å². The fourth-order valence-corrected chi connectivity index (χ4v) is 2.61. The molecule has 0 atom stereocenters. The van der Waals surface area contributed by atoms with E-state index in [1.807, 2.05) is 19.1 Å². The summed E-state index contributed by atoms with van der Waals surface area (Å²) >= 11 is 0. The highest BCUT2D eigenvalue weighted by Crippen LogP contribution is 2.23. The summed E-state index contributed by atoms with van der Waals surface area (Å²) in [5, 5.41) is 16.5. The number of carbonyl (C=O) groups is 2. The number of rotatable bonds is 5. The number of carbonyl (C=O) groups excluding carboxylic acids is 2. The molecule has 0 saturated heterocycles. The molecule has 0 aliphatic carbocycles. The minimum absolute atomic E-state index is 0.0946. The molecule has 9 nitrogen and oxygen atoms in total. The van der Waals surface area contributed by atoms with Crippen molar-refractivity contribution >= 4 is 28.9 Å². The Morgan fingerprint density at radius 2 is 1.82 bits per heavy atom. The van der Waals surface area contributed by atoms with Crippen LogP contribution in [-0.4, -0.2) is 22.4 Å². The van der Waals surface area contributed by atoms with Crippen LogP contribution >= 0.6 is 0 Å². The van der Waals surface area contributed by atoms with Crippen molar-refractivity contribution in [3.05, 3.63) is 81.5 Å². The van der Waals surface area contributed by atoms with Crippen LogP contribution < -0.4 is 15.9 Å². The maximum Gasteiger partial charge on any atom is 0.282 e. The first kappa shape index (κ1) is 18.8. The molecule has 3 rings (SSSR count). The van der Waals surface area contributed by atoms with Gasteiger partial charge in [-0.25, -0.2) is 0 Å². The largest absolute Gasteiger partial charge is 0.305 e. The van der Waals surface area contributed by atoms with Gasteiger partial charge in [0.2, 0.25) is 0 Å². The second-order valence-corrected chi connectivity index (χ2v) is 6.07. The first-order valence-corrected chi connectivity index (χ1v) is 8.34. The Labute approximate surface area is 160 Å². The Kier molecular flexibility index (Phi) is 5.16. The third-order valence-corrected chi connectivity index (χ3v) is 4.09. The number of nitro benzene ring substituents is 1. The van der Waals surface area contributed by atoms with Gasteiger partial charge in [-0.3, -0.25) is 25.1 Å². The molecule has 0 spiro atoms. The number of nitro groups is 1. The van der Waals surface area contributed by atoms with Crippen LogP contribution in [0.2, 0.25) is 0 Å². The Morgan fingerprint density at radius 1 is 1.14 bits per heavy atom. The van der Waals surface area contributed by atoms with E-state index in [-0.39, 0.29) is 22.7 Å². The number of hydrogen-bond acceptors (Lipinski definition) is 6. The van der Waals surface area contributed by atoms with Crippen molar-refractivity contribution in [2.24, 2.45) is 5.10 Å². The smallest absolute Gasteiger partial charge is 0.282 e. The van der Waals surface area contributed by atoms with Gasteiger partial charge in [-0.1, -0.05) is 29.8 Å². The maximum atomic E-state index is 12.6. The second-order valence-electron chi connectivity index (χ2n) is 6.07. The lowest BCUT2D eigenvalue weighted by Crippen LogP contribution is -2.35. The molecule has 2 aromatic carbocycles. The molecule has 0 radical (unpaired) electrons. The number of amides is 2. The molecule has 9 heteroatoms. The molecular formula is C19H17N5O4. The van der Waals surface area contributed by atoms with Crippen LogP contribution in [0.15, 0.2) is 65.4 Å². The van der Waals surface area contributed by atoms with Gasteiger partial charge < -0.3 is 5.43 Å². The predicted molar refractivity (Wildman–Crippen MR) is 104 cm³/mol. The Morgan fingerprint density at radius 3 is 2.50 bits per heavy atom. The number of nitrogens with zero attached hydrogens (tertiary/aromatic N) is 3. The van der Waals surface area contributed by atoms with Gasteiger partial charge in [0, 0.05) is 12.3 Å². The predicted octanol–water partition coefficient (Wildman–Crippen LogP) is 2.44. The number of hydrogen-bond donors (Lipinski definition) is 2. The van der Waals surface area contributed by atoms with Gasteiger partial charge in [-0.05, 0) is 32.0 Å². The monoisotopic (exact) mass is 379 g/mol. The lowest BCUT2D eigenvalue weighted by Gasteiger charge is -2.12. The van der Waals surface area contributed by atoms with Crippen molar-refractivity contribution in [2.45, 2.75) is 13.8 Å². The van der Waals surface area contributed by atoms with Crippen LogP contribution in [0.25, 0.3) is 0 Å². The van der Waals surface area contributed by atoms with Gasteiger partial charge in [0.15, 0.2) is 0 Å². The molecule has 142 valence electrons. The lowest BCUT2D eigenvalue weighted by atomic mass is 10.1. The van der Waals surface area contributed by atoms with Crippen LogP contribution in [0.1, 0.15) is 22.8 Å². The first-order valence-electron chi connectivity index (χ1n) is 8.34. The maximum absolute atomic E-state index is 12.6. The molecule has 0 unspecified atom stereocenters.